The van der Waals surface area contributed by atoms with Crippen LogP contribution in [0.15, 0.2) is 36.4 Å². The van der Waals surface area contributed by atoms with Gasteiger partial charge in [-0.3, -0.25) is 19.2 Å². The summed E-state index contributed by atoms with van der Waals surface area (Å²) in [6, 6.07) is 10.0. The van der Waals surface area contributed by atoms with Crippen LogP contribution in [0.3, 0.4) is 0 Å². The Morgan fingerprint density at radius 1 is 0.600 bits per heavy atom. The summed E-state index contributed by atoms with van der Waals surface area (Å²) in [5, 5.41) is 45.1. The zero-order chi connectivity index (χ0) is 33.8. The van der Waals surface area contributed by atoms with Crippen molar-refractivity contribution >= 4 is 23.8 Å². The molecule has 0 heterocycles. The number of rotatable bonds is 18. The summed E-state index contributed by atoms with van der Waals surface area (Å²) in [7, 11) is 4.49. The number of likely N-dealkylation sites (N-methyl/N-ethyl adjacent to an activating group) is 2. The van der Waals surface area contributed by atoms with Gasteiger partial charge in [0.05, 0.1) is 59.5 Å². The molecule has 0 atom stereocenters. The van der Waals surface area contributed by atoms with Crippen molar-refractivity contribution in [1.82, 2.24) is 9.80 Å². The lowest BCUT2D eigenvalue weighted by atomic mass is 10.1. The van der Waals surface area contributed by atoms with Crippen molar-refractivity contribution < 1.29 is 58.9 Å². The number of esters is 1. The number of aliphatic hydroxyl groups excluding tert-OH is 4. The molecular formula is C31H44N2O12. The van der Waals surface area contributed by atoms with E-state index in [1.807, 2.05) is 0 Å². The molecule has 2 aromatic rings. The van der Waals surface area contributed by atoms with Gasteiger partial charge < -0.3 is 49.5 Å². The van der Waals surface area contributed by atoms with Crippen LogP contribution in [0.5, 0.6) is 11.5 Å². The maximum atomic E-state index is 11.8. The highest BCUT2D eigenvalue weighted by atomic mass is 16.5. The number of amides is 2. The average molecular weight is 637 g/mol. The minimum absolute atomic E-state index is 0.0412. The first-order valence-electron chi connectivity index (χ1n) is 14.2. The van der Waals surface area contributed by atoms with Gasteiger partial charge in [0.15, 0.2) is 0 Å². The second-order valence-electron chi connectivity index (χ2n) is 9.90. The van der Waals surface area contributed by atoms with Crippen LogP contribution in [0.1, 0.15) is 47.9 Å². The molecule has 0 radical (unpaired) electrons. The third kappa shape index (κ3) is 15.9. The SMILES string of the molecule is CN(CCOc1cc(CO)cc(CO)c1)C(=O)CCC(=O)O.COC(=O)CCC(=O)N(C)CCOc1cc(CO)cc(CO)c1. The van der Waals surface area contributed by atoms with Crippen LogP contribution in [0.25, 0.3) is 0 Å². The van der Waals surface area contributed by atoms with Crippen molar-refractivity contribution in [1.29, 1.82) is 0 Å². The summed E-state index contributed by atoms with van der Waals surface area (Å²) in [6.07, 6.45) is -0.0836. The Bertz CT molecular complexity index is 1190. The Balaban J connectivity index is 0.000000450. The molecule has 250 valence electrons. The molecule has 2 rings (SSSR count). The van der Waals surface area contributed by atoms with Gasteiger partial charge in [0, 0.05) is 26.9 Å². The number of ether oxygens (including phenoxy) is 3. The predicted molar refractivity (Wildman–Crippen MR) is 161 cm³/mol. The Morgan fingerprint density at radius 2 is 0.956 bits per heavy atom. The van der Waals surface area contributed by atoms with Gasteiger partial charge in [-0.1, -0.05) is 12.1 Å². The van der Waals surface area contributed by atoms with Gasteiger partial charge in [0.25, 0.3) is 0 Å². The smallest absolute Gasteiger partial charge is 0.306 e. The number of carboxylic acids is 1. The lowest BCUT2D eigenvalue weighted by molar-refractivity contribution is -0.143. The van der Waals surface area contributed by atoms with Crippen LogP contribution in [0.4, 0.5) is 0 Å². The largest absolute Gasteiger partial charge is 0.492 e. The number of nitrogens with zero attached hydrogens (tertiary/aromatic N) is 2. The van der Waals surface area contributed by atoms with Crippen LogP contribution in [0.2, 0.25) is 0 Å². The fraction of sp³-hybridized carbons (Fsp3) is 0.484. The van der Waals surface area contributed by atoms with Crippen molar-refractivity contribution in [3.05, 3.63) is 58.7 Å². The average Bonchev–Trinajstić information content (AvgIpc) is 3.05. The molecular weight excluding hydrogens is 592 g/mol. The van der Waals surface area contributed by atoms with E-state index in [4.69, 9.17) is 35.0 Å². The number of carboxylic acid groups (broad SMARTS) is 1. The van der Waals surface area contributed by atoms with Crippen LogP contribution < -0.4 is 9.47 Å². The van der Waals surface area contributed by atoms with E-state index in [0.29, 0.717) is 46.8 Å². The van der Waals surface area contributed by atoms with Gasteiger partial charge in [-0.2, -0.15) is 0 Å². The van der Waals surface area contributed by atoms with E-state index in [-0.39, 0.29) is 77.1 Å². The lowest BCUT2D eigenvalue weighted by Crippen LogP contribution is -2.31. The fourth-order valence-corrected chi connectivity index (χ4v) is 3.75. The second kappa shape index (κ2) is 21.5. The van der Waals surface area contributed by atoms with Crippen molar-refractivity contribution in [2.45, 2.75) is 52.1 Å². The molecule has 14 heteroatoms. The molecule has 0 aliphatic carbocycles. The Hall–Kier alpha value is -4.24. The number of hydrogen-bond acceptors (Lipinski definition) is 11. The van der Waals surface area contributed by atoms with Crippen molar-refractivity contribution in [2.75, 3.05) is 47.5 Å². The molecule has 0 unspecified atom stereocenters. The number of benzene rings is 2. The summed E-state index contributed by atoms with van der Waals surface area (Å²) in [6.45, 7) is 0.575. The Morgan fingerprint density at radius 3 is 1.27 bits per heavy atom. The number of hydrogen-bond donors (Lipinski definition) is 5. The quantitative estimate of drug-likeness (QED) is 0.144. The Labute approximate surface area is 262 Å². The highest BCUT2D eigenvalue weighted by molar-refractivity contribution is 5.81. The molecule has 0 saturated heterocycles. The standard InChI is InChI=1S/C16H23NO6.C15H21NO6/c1-17(15(20)3-4-16(21)22-2)5-6-23-14-8-12(10-18)7-13(9-14)11-19;1-16(14(19)2-3-15(20)21)4-5-22-13-7-11(9-17)6-12(8-13)10-18/h7-9,18-19H,3-6,10-11H2,1-2H3;6-8,17-18H,2-5,9-10H2,1H3,(H,20,21). The monoisotopic (exact) mass is 636 g/mol. The van der Waals surface area contributed by atoms with E-state index in [2.05, 4.69) is 4.74 Å². The van der Waals surface area contributed by atoms with Gasteiger partial charge in [0.2, 0.25) is 11.8 Å². The van der Waals surface area contributed by atoms with Crippen molar-refractivity contribution in [3.8, 4) is 11.5 Å². The summed E-state index contributed by atoms with van der Waals surface area (Å²) in [5.74, 6) is -0.820. The molecule has 0 spiro atoms. The van der Waals surface area contributed by atoms with E-state index < -0.39 is 11.9 Å². The molecule has 0 aromatic heterocycles. The van der Waals surface area contributed by atoms with Crippen LogP contribution >= 0.6 is 0 Å². The topological polar surface area (TPSA) is 204 Å². The number of carbonyl (C=O) groups is 4. The van der Waals surface area contributed by atoms with Crippen LogP contribution in [-0.4, -0.2) is 107 Å². The molecule has 0 fully saturated rings. The summed E-state index contributed by atoms with van der Waals surface area (Å²) < 4.78 is 15.5. The molecule has 0 aliphatic heterocycles. The molecule has 0 saturated carbocycles. The highest BCUT2D eigenvalue weighted by Crippen LogP contribution is 2.19. The summed E-state index contributed by atoms with van der Waals surface area (Å²) in [5.41, 5.74) is 2.56. The third-order valence-electron chi connectivity index (χ3n) is 6.35. The van der Waals surface area contributed by atoms with Gasteiger partial charge in [-0.15, -0.1) is 0 Å². The van der Waals surface area contributed by atoms with E-state index in [9.17, 15) is 19.2 Å². The number of carbonyl (C=O) groups excluding carboxylic acids is 3. The van der Waals surface area contributed by atoms with Crippen LogP contribution in [-0.2, 0) is 50.3 Å². The molecule has 2 amide bonds. The molecule has 14 nitrogen and oxygen atoms in total. The molecule has 45 heavy (non-hydrogen) atoms. The normalized spacial score (nSPS) is 10.3. The fourth-order valence-electron chi connectivity index (χ4n) is 3.75. The molecule has 5 N–H and O–H groups in total. The zero-order valence-electron chi connectivity index (χ0n) is 25.9. The minimum Gasteiger partial charge on any atom is -0.492 e. The molecule has 2 aromatic carbocycles. The van der Waals surface area contributed by atoms with Crippen molar-refractivity contribution in [2.24, 2.45) is 0 Å². The lowest BCUT2D eigenvalue weighted by Gasteiger charge is -2.17. The van der Waals surface area contributed by atoms with Gasteiger partial charge in [0.1, 0.15) is 24.7 Å². The first-order valence-corrected chi connectivity index (χ1v) is 14.2. The van der Waals surface area contributed by atoms with Gasteiger partial charge in [-0.25, -0.2) is 0 Å². The van der Waals surface area contributed by atoms with E-state index >= 15 is 0 Å². The van der Waals surface area contributed by atoms with E-state index in [1.165, 1.54) is 16.9 Å². The zero-order valence-corrected chi connectivity index (χ0v) is 25.9. The van der Waals surface area contributed by atoms with Gasteiger partial charge in [-0.05, 0) is 46.5 Å². The number of aliphatic carboxylic acids is 1. The molecule has 0 aliphatic rings. The van der Waals surface area contributed by atoms with E-state index in [1.54, 1.807) is 50.5 Å². The van der Waals surface area contributed by atoms with E-state index in [0.717, 1.165) is 0 Å². The third-order valence-corrected chi connectivity index (χ3v) is 6.35. The Kier molecular flexibility index (Phi) is 18.5. The number of aliphatic hydroxyl groups is 4. The second-order valence-corrected chi connectivity index (χ2v) is 9.90. The summed E-state index contributed by atoms with van der Waals surface area (Å²) in [4.78, 5) is 47.7. The molecule has 0 bridgehead atoms. The summed E-state index contributed by atoms with van der Waals surface area (Å²) >= 11 is 0. The highest BCUT2D eigenvalue weighted by Gasteiger charge is 2.13. The number of methoxy groups -OCH3 is 1. The van der Waals surface area contributed by atoms with Crippen LogP contribution in [0, 0.1) is 0 Å². The predicted octanol–water partition coefficient (Wildman–Crippen LogP) is 0.835. The first-order chi connectivity index (χ1) is 21.4. The maximum Gasteiger partial charge on any atom is 0.306 e. The van der Waals surface area contributed by atoms with Gasteiger partial charge >= 0.3 is 11.9 Å². The van der Waals surface area contributed by atoms with Crippen molar-refractivity contribution in [3.63, 3.8) is 0 Å². The first kappa shape index (κ1) is 38.8. The minimum atomic E-state index is -1.00. The maximum absolute atomic E-state index is 11.8.